The molecule has 0 saturated carbocycles. The second-order valence-electron chi connectivity index (χ2n) is 4.25. The van der Waals surface area contributed by atoms with Crippen molar-refractivity contribution in [3.8, 4) is 0 Å². The lowest BCUT2D eigenvalue weighted by atomic mass is 10.00. The second-order valence-corrected chi connectivity index (χ2v) is 5.11. The van der Waals surface area contributed by atoms with Crippen molar-refractivity contribution >= 4 is 15.9 Å². The van der Waals surface area contributed by atoms with Crippen molar-refractivity contribution in [3.63, 3.8) is 0 Å². The number of rotatable bonds is 6. The van der Waals surface area contributed by atoms with E-state index in [1.807, 2.05) is 6.92 Å². The molecule has 0 amide bonds. The Hall–Kier alpha value is -0.620. The summed E-state index contributed by atoms with van der Waals surface area (Å²) in [6.07, 6.45) is -4.79. The first kappa shape index (κ1) is 16.4. The van der Waals surface area contributed by atoms with Crippen molar-refractivity contribution < 1.29 is 17.6 Å². The first-order valence-corrected chi connectivity index (χ1v) is 6.88. The van der Waals surface area contributed by atoms with Crippen LogP contribution in [-0.4, -0.2) is 12.7 Å². The Morgan fingerprint density at radius 2 is 2.00 bits per heavy atom. The summed E-state index contributed by atoms with van der Waals surface area (Å²) < 4.78 is 50.8. The summed E-state index contributed by atoms with van der Waals surface area (Å²) in [5.74, 6) is -0.410. The van der Waals surface area contributed by atoms with Gasteiger partial charge in [0.05, 0.1) is 0 Å². The van der Waals surface area contributed by atoms with Crippen molar-refractivity contribution in [1.29, 1.82) is 0 Å². The van der Waals surface area contributed by atoms with Gasteiger partial charge in [-0.25, -0.2) is 4.39 Å². The van der Waals surface area contributed by atoms with Gasteiger partial charge in [-0.1, -0.05) is 28.9 Å². The lowest BCUT2D eigenvalue weighted by molar-refractivity contribution is -0.135. The third kappa shape index (κ3) is 5.48. The van der Waals surface area contributed by atoms with Crippen LogP contribution in [0.5, 0.6) is 0 Å². The lowest BCUT2D eigenvalue weighted by Gasteiger charge is -2.20. The topological polar surface area (TPSA) is 12.0 Å². The van der Waals surface area contributed by atoms with E-state index in [4.69, 9.17) is 0 Å². The van der Waals surface area contributed by atoms with Crippen LogP contribution in [0.2, 0.25) is 0 Å². The molecule has 6 heteroatoms. The monoisotopic (exact) mass is 341 g/mol. The van der Waals surface area contributed by atoms with Crippen LogP contribution in [0.25, 0.3) is 0 Å². The Kier molecular flexibility index (Phi) is 6.26. The second kappa shape index (κ2) is 7.24. The number of benzene rings is 1. The van der Waals surface area contributed by atoms with Crippen LogP contribution < -0.4 is 5.32 Å². The van der Waals surface area contributed by atoms with E-state index in [1.165, 1.54) is 6.07 Å². The van der Waals surface area contributed by atoms with Crippen LogP contribution >= 0.6 is 15.9 Å². The molecule has 0 saturated heterocycles. The van der Waals surface area contributed by atoms with Gasteiger partial charge in [0.25, 0.3) is 0 Å². The molecule has 0 heterocycles. The van der Waals surface area contributed by atoms with E-state index in [0.29, 0.717) is 16.6 Å². The van der Waals surface area contributed by atoms with Crippen molar-refractivity contribution in [2.75, 3.05) is 6.54 Å². The largest absolute Gasteiger partial charge is 0.389 e. The number of alkyl halides is 3. The first-order chi connectivity index (χ1) is 8.85. The third-order valence-corrected chi connectivity index (χ3v) is 3.44. The van der Waals surface area contributed by atoms with Crippen molar-refractivity contribution in [3.05, 3.63) is 34.1 Å². The molecule has 1 aromatic rings. The predicted molar refractivity (Wildman–Crippen MR) is 70.4 cm³/mol. The maximum atomic E-state index is 13.8. The van der Waals surface area contributed by atoms with E-state index in [0.717, 1.165) is 0 Å². The highest BCUT2D eigenvalue weighted by Gasteiger charge is 2.27. The molecule has 1 unspecified atom stereocenters. The zero-order valence-electron chi connectivity index (χ0n) is 10.5. The van der Waals surface area contributed by atoms with Gasteiger partial charge in [-0.15, -0.1) is 0 Å². The SMILES string of the molecule is CCNC(CCCC(F)(F)F)c1c(F)cccc1Br. The van der Waals surface area contributed by atoms with E-state index in [9.17, 15) is 17.6 Å². The summed E-state index contributed by atoms with van der Waals surface area (Å²) in [5, 5.41) is 3.03. The first-order valence-electron chi connectivity index (χ1n) is 6.09. The minimum absolute atomic E-state index is 0.0259. The molecule has 1 rings (SSSR count). The fourth-order valence-corrected chi connectivity index (χ4v) is 2.56. The fourth-order valence-electron chi connectivity index (χ4n) is 1.95. The minimum atomic E-state index is -4.16. The molecule has 0 aromatic heterocycles. The van der Waals surface area contributed by atoms with Crippen LogP contribution in [0.3, 0.4) is 0 Å². The number of halogens is 5. The molecule has 0 bridgehead atoms. The molecule has 1 aromatic carbocycles. The molecular weight excluding hydrogens is 326 g/mol. The quantitative estimate of drug-likeness (QED) is 0.720. The molecule has 0 aliphatic rings. The van der Waals surface area contributed by atoms with E-state index in [-0.39, 0.29) is 12.8 Å². The van der Waals surface area contributed by atoms with Crippen molar-refractivity contribution in [1.82, 2.24) is 5.32 Å². The molecule has 19 heavy (non-hydrogen) atoms. The van der Waals surface area contributed by atoms with Crippen LogP contribution in [0.4, 0.5) is 17.6 Å². The highest BCUT2D eigenvalue weighted by Crippen LogP contribution is 2.31. The zero-order chi connectivity index (χ0) is 14.5. The molecule has 0 aliphatic heterocycles. The van der Waals surface area contributed by atoms with Crippen LogP contribution in [0, 0.1) is 5.82 Å². The summed E-state index contributed by atoms with van der Waals surface area (Å²) in [6.45, 7) is 2.41. The average molecular weight is 342 g/mol. The Morgan fingerprint density at radius 3 is 2.53 bits per heavy atom. The molecule has 0 radical (unpaired) electrons. The van der Waals surface area contributed by atoms with E-state index < -0.39 is 24.5 Å². The number of nitrogens with one attached hydrogen (secondary N) is 1. The maximum absolute atomic E-state index is 13.8. The number of hydrogen-bond acceptors (Lipinski definition) is 1. The zero-order valence-corrected chi connectivity index (χ0v) is 12.1. The maximum Gasteiger partial charge on any atom is 0.389 e. The smallest absolute Gasteiger partial charge is 0.310 e. The van der Waals surface area contributed by atoms with Gasteiger partial charge in [0.15, 0.2) is 0 Å². The lowest BCUT2D eigenvalue weighted by Crippen LogP contribution is -2.23. The van der Waals surface area contributed by atoms with Gasteiger partial charge in [0.2, 0.25) is 0 Å². The Morgan fingerprint density at radius 1 is 1.32 bits per heavy atom. The van der Waals surface area contributed by atoms with Crippen molar-refractivity contribution in [2.24, 2.45) is 0 Å². The summed E-state index contributed by atoms with van der Waals surface area (Å²) >= 11 is 3.25. The molecular formula is C13H16BrF4N. The number of hydrogen-bond donors (Lipinski definition) is 1. The van der Waals surface area contributed by atoms with Crippen LogP contribution in [-0.2, 0) is 0 Å². The summed E-state index contributed by atoms with van der Waals surface area (Å²) in [4.78, 5) is 0. The Balaban J connectivity index is 2.77. The van der Waals surface area contributed by atoms with Gasteiger partial charge >= 0.3 is 6.18 Å². The normalized spacial score (nSPS) is 13.6. The third-order valence-electron chi connectivity index (χ3n) is 2.75. The van der Waals surface area contributed by atoms with Gasteiger partial charge in [-0.2, -0.15) is 13.2 Å². The van der Waals surface area contributed by atoms with Gasteiger partial charge in [-0.05, 0) is 31.5 Å². The average Bonchev–Trinajstić information content (AvgIpc) is 2.27. The van der Waals surface area contributed by atoms with E-state index in [1.54, 1.807) is 12.1 Å². The van der Waals surface area contributed by atoms with Gasteiger partial charge in [-0.3, -0.25) is 0 Å². The Labute approximate surface area is 118 Å². The molecule has 0 aliphatic carbocycles. The standard InChI is InChI=1S/C13H16BrF4N/c1-2-19-11(7-4-8-13(16,17)18)12-9(14)5-3-6-10(12)15/h3,5-6,11,19H,2,4,7-8H2,1H3. The van der Waals surface area contributed by atoms with E-state index in [2.05, 4.69) is 21.2 Å². The summed E-state index contributed by atoms with van der Waals surface area (Å²) in [5.41, 5.74) is 0.395. The fraction of sp³-hybridized carbons (Fsp3) is 0.538. The molecule has 108 valence electrons. The highest BCUT2D eigenvalue weighted by molar-refractivity contribution is 9.10. The van der Waals surface area contributed by atoms with Gasteiger partial charge in [0.1, 0.15) is 5.82 Å². The van der Waals surface area contributed by atoms with E-state index >= 15 is 0 Å². The molecule has 0 fully saturated rings. The predicted octanol–water partition coefficient (Wildman–Crippen LogP) is 4.97. The van der Waals surface area contributed by atoms with Crippen molar-refractivity contribution in [2.45, 2.75) is 38.4 Å². The molecule has 1 atom stereocenters. The molecule has 1 N–H and O–H groups in total. The minimum Gasteiger partial charge on any atom is -0.310 e. The summed E-state index contributed by atoms with van der Waals surface area (Å²) in [7, 11) is 0. The molecule has 0 spiro atoms. The van der Waals surface area contributed by atoms with Gasteiger partial charge < -0.3 is 5.32 Å². The summed E-state index contributed by atoms with van der Waals surface area (Å²) in [6, 6.07) is 4.14. The van der Waals surface area contributed by atoms with Crippen LogP contribution in [0.15, 0.2) is 22.7 Å². The van der Waals surface area contributed by atoms with Gasteiger partial charge in [0, 0.05) is 22.5 Å². The van der Waals surface area contributed by atoms with Crippen LogP contribution in [0.1, 0.15) is 37.8 Å². The Bertz CT molecular complexity index is 386. The molecule has 1 nitrogen and oxygen atoms in total. The highest BCUT2D eigenvalue weighted by atomic mass is 79.9.